The summed E-state index contributed by atoms with van der Waals surface area (Å²) in [6, 6.07) is 6.02. The van der Waals surface area contributed by atoms with E-state index in [0.29, 0.717) is 17.3 Å². The summed E-state index contributed by atoms with van der Waals surface area (Å²) in [5.41, 5.74) is 8.32. The van der Waals surface area contributed by atoms with Crippen molar-refractivity contribution < 1.29 is 4.79 Å². The molecule has 116 valence electrons. The number of carbonyl (C=O) groups excluding carboxylic acids is 1. The number of anilines is 2. The van der Waals surface area contributed by atoms with E-state index in [-0.39, 0.29) is 5.91 Å². The molecule has 0 heterocycles. The second kappa shape index (κ2) is 7.07. The maximum absolute atomic E-state index is 11.9. The Bertz CT molecular complexity index is 504. The Morgan fingerprint density at radius 1 is 1.43 bits per heavy atom. The van der Waals surface area contributed by atoms with E-state index in [2.05, 4.69) is 12.2 Å². The highest BCUT2D eigenvalue weighted by atomic mass is 32.2. The van der Waals surface area contributed by atoms with Crippen LogP contribution >= 0.6 is 11.8 Å². The van der Waals surface area contributed by atoms with Crippen LogP contribution in [0.15, 0.2) is 18.2 Å². The van der Waals surface area contributed by atoms with Gasteiger partial charge in [0.2, 0.25) is 0 Å². The highest BCUT2D eigenvalue weighted by Gasteiger charge is 2.24. The number of nitrogen functional groups attached to an aromatic ring is 1. The fourth-order valence-electron chi connectivity index (χ4n) is 2.76. The van der Waals surface area contributed by atoms with Gasteiger partial charge in [0.15, 0.2) is 0 Å². The van der Waals surface area contributed by atoms with E-state index in [1.54, 1.807) is 25.1 Å². The van der Waals surface area contributed by atoms with E-state index < -0.39 is 0 Å². The molecule has 1 aromatic rings. The predicted octanol–water partition coefficient (Wildman–Crippen LogP) is 3.06. The van der Waals surface area contributed by atoms with E-state index in [9.17, 15) is 4.79 Å². The van der Waals surface area contributed by atoms with Gasteiger partial charge in [-0.15, -0.1) is 0 Å². The molecular weight excluding hydrogens is 282 g/mol. The summed E-state index contributed by atoms with van der Waals surface area (Å²) in [7, 11) is 3.49. The van der Waals surface area contributed by atoms with E-state index >= 15 is 0 Å². The molecule has 21 heavy (non-hydrogen) atoms. The van der Waals surface area contributed by atoms with Crippen LogP contribution in [0.25, 0.3) is 0 Å². The van der Waals surface area contributed by atoms with Crippen molar-refractivity contribution in [3.63, 3.8) is 0 Å². The van der Waals surface area contributed by atoms with Crippen molar-refractivity contribution in [3.05, 3.63) is 23.8 Å². The first-order valence-electron chi connectivity index (χ1n) is 7.50. The summed E-state index contributed by atoms with van der Waals surface area (Å²) in [5.74, 6) is 1.16. The van der Waals surface area contributed by atoms with Crippen LogP contribution in [0.3, 0.4) is 0 Å². The summed E-state index contributed by atoms with van der Waals surface area (Å²) in [5, 5.41) is 4.30. The van der Waals surface area contributed by atoms with Crippen molar-refractivity contribution in [2.24, 2.45) is 0 Å². The van der Waals surface area contributed by atoms with Crippen molar-refractivity contribution in [1.82, 2.24) is 4.90 Å². The lowest BCUT2D eigenvalue weighted by molar-refractivity contribution is 0.0827. The normalized spacial score (nSPS) is 21.3. The molecule has 2 unspecified atom stereocenters. The number of hydrogen-bond acceptors (Lipinski definition) is 4. The van der Waals surface area contributed by atoms with Gasteiger partial charge in [-0.05, 0) is 43.2 Å². The molecule has 3 N–H and O–H groups in total. The van der Waals surface area contributed by atoms with Gasteiger partial charge in [-0.1, -0.05) is 6.92 Å². The van der Waals surface area contributed by atoms with Gasteiger partial charge < -0.3 is 16.0 Å². The Kier molecular flexibility index (Phi) is 5.39. The number of benzene rings is 1. The van der Waals surface area contributed by atoms with Crippen molar-refractivity contribution >= 4 is 29.0 Å². The molecule has 1 aromatic carbocycles. The van der Waals surface area contributed by atoms with E-state index in [1.165, 1.54) is 25.0 Å². The molecule has 2 atom stereocenters. The first-order valence-corrected chi connectivity index (χ1v) is 8.55. The number of amides is 1. The van der Waals surface area contributed by atoms with Gasteiger partial charge in [-0.2, -0.15) is 11.8 Å². The highest BCUT2D eigenvalue weighted by Crippen LogP contribution is 2.32. The molecule has 1 aliphatic carbocycles. The van der Waals surface area contributed by atoms with E-state index in [4.69, 9.17) is 5.73 Å². The lowest BCUT2D eigenvalue weighted by Crippen LogP contribution is -2.22. The molecule has 1 aliphatic rings. The summed E-state index contributed by atoms with van der Waals surface area (Å²) >= 11 is 2.05. The Labute approximate surface area is 131 Å². The van der Waals surface area contributed by atoms with Crippen LogP contribution in [-0.4, -0.2) is 41.9 Å². The van der Waals surface area contributed by atoms with Crippen molar-refractivity contribution in [2.45, 2.75) is 37.5 Å². The molecule has 1 saturated carbocycles. The molecule has 5 heteroatoms. The van der Waals surface area contributed by atoms with Gasteiger partial charge in [0, 0.05) is 31.0 Å². The lowest BCUT2D eigenvalue weighted by Gasteiger charge is -2.17. The third-order valence-electron chi connectivity index (χ3n) is 3.85. The summed E-state index contributed by atoms with van der Waals surface area (Å²) in [6.07, 6.45) is 3.65. The van der Waals surface area contributed by atoms with Crippen molar-refractivity contribution in [3.8, 4) is 0 Å². The molecule has 0 saturated heterocycles. The van der Waals surface area contributed by atoms with Gasteiger partial charge >= 0.3 is 0 Å². The standard InChI is InChI=1S/C16H25N3OS/c1-4-21-13-7-6-12(10-13)18-15-8-5-11(9-14(15)17)16(20)19(2)3/h5,8-9,12-13,18H,4,6-7,10,17H2,1-3H3. The fourth-order valence-corrected chi connectivity index (χ4v) is 3.91. The molecule has 1 fully saturated rings. The average molecular weight is 307 g/mol. The van der Waals surface area contributed by atoms with Gasteiger partial charge in [0.25, 0.3) is 5.91 Å². The largest absolute Gasteiger partial charge is 0.397 e. The molecular formula is C16H25N3OS. The maximum atomic E-state index is 11.9. The quantitative estimate of drug-likeness (QED) is 0.821. The molecule has 0 bridgehead atoms. The Morgan fingerprint density at radius 2 is 2.19 bits per heavy atom. The molecule has 0 aromatic heterocycles. The zero-order chi connectivity index (χ0) is 15.4. The minimum absolute atomic E-state index is 0.0199. The third kappa shape index (κ3) is 4.06. The average Bonchev–Trinajstić information content (AvgIpc) is 2.88. The van der Waals surface area contributed by atoms with Crippen LogP contribution in [0.4, 0.5) is 11.4 Å². The Balaban J connectivity index is 2.00. The predicted molar refractivity (Wildman–Crippen MR) is 92.1 cm³/mol. The zero-order valence-electron chi connectivity index (χ0n) is 13.1. The smallest absolute Gasteiger partial charge is 0.253 e. The second-order valence-electron chi connectivity index (χ2n) is 5.73. The summed E-state index contributed by atoms with van der Waals surface area (Å²) in [4.78, 5) is 13.5. The van der Waals surface area contributed by atoms with Gasteiger partial charge in [-0.3, -0.25) is 4.79 Å². The SMILES string of the molecule is CCSC1CCC(Nc2ccc(C(=O)N(C)C)cc2N)C1. The number of rotatable bonds is 5. The first kappa shape index (κ1) is 16.0. The number of carbonyl (C=O) groups is 1. The van der Waals surface area contributed by atoms with Gasteiger partial charge in [0.1, 0.15) is 0 Å². The molecule has 1 amide bonds. The van der Waals surface area contributed by atoms with Crippen LogP contribution < -0.4 is 11.1 Å². The number of nitrogens with zero attached hydrogens (tertiary/aromatic N) is 1. The van der Waals surface area contributed by atoms with Crippen molar-refractivity contribution in [2.75, 3.05) is 30.9 Å². The molecule has 2 rings (SSSR count). The minimum Gasteiger partial charge on any atom is -0.397 e. The Morgan fingerprint density at radius 3 is 2.81 bits per heavy atom. The number of thioether (sulfide) groups is 1. The van der Waals surface area contributed by atoms with Crippen LogP contribution in [-0.2, 0) is 0 Å². The summed E-state index contributed by atoms with van der Waals surface area (Å²) in [6.45, 7) is 2.21. The summed E-state index contributed by atoms with van der Waals surface area (Å²) < 4.78 is 0. The fraction of sp³-hybridized carbons (Fsp3) is 0.562. The molecule has 0 spiro atoms. The number of nitrogens with one attached hydrogen (secondary N) is 1. The van der Waals surface area contributed by atoms with Crippen LogP contribution in [0.1, 0.15) is 36.5 Å². The molecule has 4 nitrogen and oxygen atoms in total. The maximum Gasteiger partial charge on any atom is 0.253 e. The Hall–Kier alpha value is -1.36. The number of hydrogen-bond donors (Lipinski definition) is 2. The third-order valence-corrected chi connectivity index (χ3v) is 5.08. The van der Waals surface area contributed by atoms with Crippen LogP contribution in [0, 0.1) is 0 Å². The van der Waals surface area contributed by atoms with Crippen molar-refractivity contribution in [1.29, 1.82) is 0 Å². The highest BCUT2D eigenvalue weighted by molar-refractivity contribution is 7.99. The van der Waals surface area contributed by atoms with Crippen LogP contribution in [0.5, 0.6) is 0 Å². The molecule has 0 aliphatic heterocycles. The van der Waals surface area contributed by atoms with E-state index in [1.807, 2.05) is 23.9 Å². The topological polar surface area (TPSA) is 58.4 Å². The van der Waals surface area contributed by atoms with Crippen LogP contribution in [0.2, 0.25) is 0 Å². The minimum atomic E-state index is -0.0199. The van der Waals surface area contributed by atoms with Gasteiger partial charge in [-0.25, -0.2) is 0 Å². The number of nitrogens with two attached hydrogens (primary N) is 1. The monoisotopic (exact) mass is 307 g/mol. The molecule has 0 radical (unpaired) electrons. The first-order chi connectivity index (χ1) is 10.0. The van der Waals surface area contributed by atoms with Gasteiger partial charge in [0.05, 0.1) is 11.4 Å². The lowest BCUT2D eigenvalue weighted by atomic mass is 10.1. The second-order valence-corrected chi connectivity index (χ2v) is 7.31. The zero-order valence-corrected chi connectivity index (χ0v) is 13.9. The van der Waals surface area contributed by atoms with E-state index in [0.717, 1.165) is 10.9 Å².